The Labute approximate surface area is 211 Å². The van der Waals surface area contributed by atoms with Crippen LogP contribution in [0.1, 0.15) is 41.1 Å². The van der Waals surface area contributed by atoms with Gasteiger partial charge in [0.25, 0.3) is 0 Å². The fourth-order valence-electron chi connectivity index (χ4n) is 4.54. The number of carbonyl (C=O) groups is 2. The van der Waals surface area contributed by atoms with Gasteiger partial charge in [0.15, 0.2) is 0 Å². The van der Waals surface area contributed by atoms with Crippen LogP contribution < -0.4 is 10.6 Å². The Morgan fingerprint density at radius 1 is 0.917 bits per heavy atom. The molecule has 0 fully saturated rings. The number of amides is 2. The predicted molar refractivity (Wildman–Crippen MR) is 136 cm³/mol. The van der Waals surface area contributed by atoms with Crippen LogP contribution in [0.25, 0.3) is 0 Å². The monoisotopic (exact) mass is 488 g/mol. The summed E-state index contributed by atoms with van der Waals surface area (Å²) in [6.07, 6.45) is -1.19. The topological polar surface area (TPSA) is 108 Å². The number of rotatable bonds is 10. The maximum atomic E-state index is 12.7. The standard InChI is InChI=1S/C29H32N2O5/c32-25(15-16-27(34)31-28-23-14-8-7-13-22(23)18-26(28)33)24(17-20-9-3-1-4-10-20)30-29(35)36-19-21-11-5-2-6-12-21/h1-14,24-26,28,32-33H,15-19H2,(H,30,35)(H,31,34)/t24-,25-,26+,28-/m0/s1. The van der Waals surface area contributed by atoms with Gasteiger partial charge in [0.2, 0.25) is 5.91 Å². The minimum Gasteiger partial charge on any atom is -0.445 e. The van der Waals surface area contributed by atoms with Crippen LogP contribution in [0.15, 0.2) is 84.9 Å². The molecule has 0 unspecified atom stereocenters. The highest BCUT2D eigenvalue weighted by molar-refractivity contribution is 5.77. The fourth-order valence-corrected chi connectivity index (χ4v) is 4.54. The molecule has 3 aromatic rings. The predicted octanol–water partition coefficient (Wildman–Crippen LogP) is 3.44. The second kappa shape index (κ2) is 12.3. The zero-order valence-corrected chi connectivity index (χ0v) is 20.0. The first-order chi connectivity index (χ1) is 17.5. The van der Waals surface area contributed by atoms with Gasteiger partial charge in [0.1, 0.15) is 6.61 Å². The van der Waals surface area contributed by atoms with Crippen molar-refractivity contribution in [3.63, 3.8) is 0 Å². The molecule has 4 N–H and O–H groups in total. The molecule has 4 rings (SSSR count). The van der Waals surface area contributed by atoms with Gasteiger partial charge in [0, 0.05) is 12.8 Å². The summed E-state index contributed by atoms with van der Waals surface area (Å²) in [5.74, 6) is -0.264. The summed E-state index contributed by atoms with van der Waals surface area (Å²) in [7, 11) is 0. The molecule has 7 nitrogen and oxygen atoms in total. The quantitative estimate of drug-likeness (QED) is 0.350. The average molecular weight is 489 g/mol. The van der Waals surface area contributed by atoms with Crippen LogP contribution in [0.2, 0.25) is 0 Å². The van der Waals surface area contributed by atoms with Crippen LogP contribution >= 0.6 is 0 Å². The van der Waals surface area contributed by atoms with Crippen molar-refractivity contribution in [3.8, 4) is 0 Å². The molecule has 7 heteroatoms. The molecule has 0 heterocycles. The average Bonchev–Trinajstić information content (AvgIpc) is 3.21. The van der Waals surface area contributed by atoms with E-state index in [1.54, 1.807) is 0 Å². The Kier molecular flexibility index (Phi) is 8.71. The van der Waals surface area contributed by atoms with E-state index in [4.69, 9.17) is 4.74 Å². The van der Waals surface area contributed by atoms with Crippen molar-refractivity contribution >= 4 is 12.0 Å². The number of nitrogens with one attached hydrogen (secondary N) is 2. The van der Waals surface area contributed by atoms with Gasteiger partial charge < -0.3 is 25.6 Å². The van der Waals surface area contributed by atoms with E-state index in [-0.39, 0.29) is 25.4 Å². The number of aliphatic hydroxyl groups is 2. The molecule has 1 aliphatic rings. The van der Waals surface area contributed by atoms with Crippen LogP contribution in [-0.4, -0.2) is 40.5 Å². The third-order valence-corrected chi connectivity index (χ3v) is 6.47. The van der Waals surface area contributed by atoms with E-state index in [2.05, 4.69) is 10.6 Å². The number of hydrogen-bond acceptors (Lipinski definition) is 5. The molecule has 0 spiro atoms. The lowest BCUT2D eigenvalue weighted by Crippen LogP contribution is -2.45. The number of ether oxygens (including phenoxy) is 1. The SMILES string of the molecule is O=C(CC[C@H](O)[C@H](Cc1ccccc1)NC(=O)OCc1ccccc1)N[C@H]1c2ccccc2C[C@H]1O. The molecule has 3 aromatic carbocycles. The van der Waals surface area contributed by atoms with Gasteiger partial charge in [-0.1, -0.05) is 84.9 Å². The number of hydrogen-bond donors (Lipinski definition) is 4. The summed E-state index contributed by atoms with van der Waals surface area (Å²) in [5.41, 5.74) is 3.75. The van der Waals surface area contributed by atoms with E-state index in [9.17, 15) is 19.8 Å². The second-order valence-corrected chi connectivity index (χ2v) is 9.12. The molecule has 4 atom stereocenters. The molecule has 36 heavy (non-hydrogen) atoms. The van der Waals surface area contributed by atoms with Crippen molar-refractivity contribution in [1.82, 2.24) is 10.6 Å². The van der Waals surface area contributed by atoms with Gasteiger partial charge in [-0.05, 0) is 35.1 Å². The summed E-state index contributed by atoms with van der Waals surface area (Å²) < 4.78 is 5.34. The van der Waals surface area contributed by atoms with Crippen LogP contribution in [0.4, 0.5) is 4.79 Å². The Balaban J connectivity index is 1.33. The zero-order valence-electron chi connectivity index (χ0n) is 20.0. The summed E-state index contributed by atoms with van der Waals surface area (Å²) in [4.78, 5) is 25.2. The minimum absolute atomic E-state index is 0.0542. The molecule has 188 valence electrons. The Morgan fingerprint density at radius 3 is 2.28 bits per heavy atom. The molecule has 0 saturated carbocycles. The number of alkyl carbamates (subject to hydrolysis) is 1. The first-order valence-electron chi connectivity index (χ1n) is 12.2. The molecule has 0 saturated heterocycles. The van der Waals surface area contributed by atoms with Crippen LogP contribution in [-0.2, 0) is 29.0 Å². The summed E-state index contributed by atoms with van der Waals surface area (Å²) in [6.45, 7) is 0.119. The van der Waals surface area contributed by atoms with Gasteiger partial charge in [-0.3, -0.25) is 4.79 Å². The second-order valence-electron chi connectivity index (χ2n) is 9.12. The van der Waals surface area contributed by atoms with Crippen LogP contribution in [0.5, 0.6) is 0 Å². The van der Waals surface area contributed by atoms with E-state index < -0.39 is 30.4 Å². The zero-order chi connectivity index (χ0) is 25.3. The highest BCUT2D eigenvalue weighted by Crippen LogP contribution is 2.31. The Bertz CT molecular complexity index is 1140. The molecular weight excluding hydrogens is 456 g/mol. The van der Waals surface area contributed by atoms with Crippen LogP contribution in [0.3, 0.4) is 0 Å². The van der Waals surface area contributed by atoms with E-state index in [1.807, 2.05) is 84.9 Å². The molecule has 0 radical (unpaired) electrons. The fraction of sp³-hybridized carbons (Fsp3) is 0.310. The van der Waals surface area contributed by atoms with Crippen LogP contribution in [0, 0.1) is 0 Å². The molecule has 1 aliphatic carbocycles. The number of carbonyl (C=O) groups excluding carboxylic acids is 2. The van der Waals surface area contributed by atoms with Gasteiger partial charge in [0.05, 0.1) is 24.3 Å². The molecule has 0 bridgehead atoms. The van der Waals surface area contributed by atoms with Crippen molar-refractivity contribution in [2.24, 2.45) is 0 Å². The van der Waals surface area contributed by atoms with E-state index in [0.29, 0.717) is 12.8 Å². The maximum absolute atomic E-state index is 12.7. The van der Waals surface area contributed by atoms with Crippen molar-refractivity contribution in [1.29, 1.82) is 0 Å². The van der Waals surface area contributed by atoms with Crippen molar-refractivity contribution in [2.75, 3.05) is 0 Å². The van der Waals surface area contributed by atoms with Crippen molar-refractivity contribution < 1.29 is 24.5 Å². The van der Waals surface area contributed by atoms with Gasteiger partial charge >= 0.3 is 6.09 Å². The third kappa shape index (κ3) is 6.93. The molecule has 0 aromatic heterocycles. The molecule has 0 aliphatic heterocycles. The first-order valence-corrected chi connectivity index (χ1v) is 12.2. The van der Waals surface area contributed by atoms with E-state index in [1.165, 1.54) is 0 Å². The molecular formula is C29H32N2O5. The number of benzene rings is 3. The van der Waals surface area contributed by atoms with Gasteiger partial charge in [-0.15, -0.1) is 0 Å². The van der Waals surface area contributed by atoms with Crippen molar-refractivity contribution in [3.05, 3.63) is 107 Å². The Hall–Kier alpha value is -3.68. The number of fused-ring (bicyclic) bond motifs is 1. The van der Waals surface area contributed by atoms with Gasteiger partial charge in [-0.25, -0.2) is 4.79 Å². The van der Waals surface area contributed by atoms with E-state index >= 15 is 0 Å². The lowest BCUT2D eigenvalue weighted by atomic mass is 9.98. The largest absolute Gasteiger partial charge is 0.445 e. The summed E-state index contributed by atoms with van der Waals surface area (Å²) in [6, 6.07) is 25.4. The lowest BCUT2D eigenvalue weighted by molar-refractivity contribution is -0.123. The minimum atomic E-state index is -0.971. The third-order valence-electron chi connectivity index (χ3n) is 6.47. The highest BCUT2D eigenvalue weighted by Gasteiger charge is 2.32. The highest BCUT2D eigenvalue weighted by atomic mass is 16.5. The smallest absolute Gasteiger partial charge is 0.407 e. The first kappa shape index (κ1) is 25.4. The summed E-state index contributed by atoms with van der Waals surface area (Å²) in [5, 5.41) is 27.0. The maximum Gasteiger partial charge on any atom is 0.407 e. The lowest BCUT2D eigenvalue weighted by Gasteiger charge is -2.24. The Morgan fingerprint density at radius 2 is 1.56 bits per heavy atom. The number of aliphatic hydroxyl groups excluding tert-OH is 2. The normalized spacial score (nSPS) is 18.1. The summed E-state index contributed by atoms with van der Waals surface area (Å²) >= 11 is 0. The van der Waals surface area contributed by atoms with E-state index in [0.717, 1.165) is 22.3 Å². The van der Waals surface area contributed by atoms with Gasteiger partial charge in [-0.2, -0.15) is 0 Å². The molecule has 2 amide bonds. The van der Waals surface area contributed by atoms with Crippen molar-refractivity contribution in [2.45, 2.75) is 56.6 Å².